The third kappa shape index (κ3) is 3.73. The van der Waals surface area contributed by atoms with E-state index >= 15 is 0 Å². The molecule has 2 N–H and O–H groups in total. The Balaban J connectivity index is 1.34. The van der Waals surface area contributed by atoms with Gasteiger partial charge in [0.1, 0.15) is 5.75 Å². The summed E-state index contributed by atoms with van der Waals surface area (Å²) in [4.78, 5) is 25.8. The molecule has 2 aromatic carbocycles. The molecular weight excluding hydrogens is 432 g/mol. The first-order valence-corrected chi connectivity index (χ1v) is 10.6. The number of rotatable bonds is 5. The monoisotopic (exact) mass is 454 g/mol. The van der Waals surface area contributed by atoms with Gasteiger partial charge in [0, 0.05) is 23.8 Å². The Morgan fingerprint density at radius 1 is 0.971 bits per heavy atom. The number of para-hydroxylation sites is 1. The molecule has 9 heteroatoms. The molecule has 3 heterocycles. The van der Waals surface area contributed by atoms with Crippen molar-refractivity contribution in [2.24, 2.45) is 7.05 Å². The fraction of sp³-hybridized carbons (Fsp3) is 0.120. The fourth-order valence-corrected chi connectivity index (χ4v) is 3.90. The second-order valence-electron chi connectivity index (χ2n) is 7.88. The third-order valence-electron chi connectivity index (χ3n) is 5.67. The highest BCUT2D eigenvalue weighted by atomic mass is 16.5. The number of carbonyl (C=O) groups excluding carboxylic acids is 2. The van der Waals surface area contributed by atoms with Gasteiger partial charge in [-0.3, -0.25) is 14.3 Å². The molecule has 170 valence electrons. The zero-order valence-corrected chi connectivity index (χ0v) is 18.9. The van der Waals surface area contributed by atoms with Crippen molar-refractivity contribution in [3.05, 3.63) is 83.8 Å². The molecule has 9 nitrogen and oxygen atoms in total. The largest absolute Gasteiger partial charge is 0.495 e. The number of pyridine rings is 1. The topological polar surface area (TPSA) is 103 Å². The first-order valence-electron chi connectivity index (χ1n) is 10.6. The summed E-state index contributed by atoms with van der Waals surface area (Å²) in [6.07, 6.45) is 3.23. The second-order valence-corrected chi connectivity index (χ2v) is 7.88. The van der Waals surface area contributed by atoms with Crippen molar-refractivity contribution in [3.8, 4) is 5.75 Å². The standard InChI is InChI=1S/C25H22N6O3/c1-15-12-16(27-25(33)23-18-6-4-5-7-21(18)30(2)29-23)8-10-20(15)28-24(32)19-13-26-31-14-17(34-3)9-11-22(19)31/h4-14H,1-3H3,(H,27,33)(H,28,32). The highest BCUT2D eigenvalue weighted by Crippen LogP contribution is 2.24. The van der Waals surface area contributed by atoms with Crippen LogP contribution in [0.2, 0.25) is 0 Å². The first kappa shape index (κ1) is 21.2. The van der Waals surface area contributed by atoms with Crippen molar-refractivity contribution in [1.29, 1.82) is 0 Å². The first-order chi connectivity index (χ1) is 16.4. The fourth-order valence-electron chi connectivity index (χ4n) is 3.90. The van der Waals surface area contributed by atoms with Gasteiger partial charge in [0.2, 0.25) is 0 Å². The van der Waals surface area contributed by atoms with Crippen LogP contribution in [-0.2, 0) is 7.05 Å². The highest BCUT2D eigenvalue weighted by Gasteiger charge is 2.17. The third-order valence-corrected chi connectivity index (χ3v) is 5.67. The predicted octanol–water partition coefficient (Wildman–Crippen LogP) is 4.04. The quantitative estimate of drug-likeness (QED) is 0.417. The Hall–Kier alpha value is -4.66. The minimum Gasteiger partial charge on any atom is -0.495 e. The molecule has 0 aliphatic rings. The number of aryl methyl sites for hydroxylation is 2. The number of amides is 2. The van der Waals surface area contributed by atoms with E-state index in [1.54, 1.807) is 59.9 Å². The van der Waals surface area contributed by atoms with E-state index in [1.807, 2.05) is 31.2 Å². The lowest BCUT2D eigenvalue weighted by Gasteiger charge is -2.11. The lowest BCUT2D eigenvalue weighted by atomic mass is 10.1. The smallest absolute Gasteiger partial charge is 0.276 e. The maximum atomic E-state index is 12.9. The van der Waals surface area contributed by atoms with Gasteiger partial charge in [0.05, 0.1) is 36.1 Å². The highest BCUT2D eigenvalue weighted by molar-refractivity contribution is 6.12. The summed E-state index contributed by atoms with van der Waals surface area (Å²) in [6.45, 7) is 1.86. The van der Waals surface area contributed by atoms with E-state index in [9.17, 15) is 9.59 Å². The number of methoxy groups -OCH3 is 1. The molecule has 0 unspecified atom stereocenters. The van der Waals surface area contributed by atoms with Crippen LogP contribution in [0, 0.1) is 6.92 Å². The Morgan fingerprint density at radius 3 is 2.59 bits per heavy atom. The Kier molecular flexibility index (Phi) is 5.21. The number of nitrogens with zero attached hydrogens (tertiary/aromatic N) is 4. The molecule has 0 saturated heterocycles. The lowest BCUT2D eigenvalue weighted by molar-refractivity contribution is 0.101. The van der Waals surface area contributed by atoms with E-state index in [-0.39, 0.29) is 11.8 Å². The van der Waals surface area contributed by atoms with Gasteiger partial charge < -0.3 is 15.4 Å². The van der Waals surface area contributed by atoms with Crippen LogP contribution in [-0.4, -0.2) is 38.3 Å². The minimum absolute atomic E-state index is 0.278. The summed E-state index contributed by atoms with van der Waals surface area (Å²) in [6, 6.07) is 16.4. The molecule has 0 aliphatic carbocycles. The van der Waals surface area contributed by atoms with Crippen molar-refractivity contribution in [3.63, 3.8) is 0 Å². The Morgan fingerprint density at radius 2 is 1.79 bits per heavy atom. The van der Waals surface area contributed by atoms with Crippen molar-refractivity contribution >= 4 is 39.6 Å². The normalized spacial score (nSPS) is 11.0. The van der Waals surface area contributed by atoms with E-state index in [0.717, 1.165) is 16.5 Å². The second kappa shape index (κ2) is 8.36. The van der Waals surface area contributed by atoms with E-state index in [2.05, 4.69) is 20.8 Å². The predicted molar refractivity (Wildman–Crippen MR) is 130 cm³/mol. The van der Waals surface area contributed by atoms with Gasteiger partial charge in [-0.05, 0) is 48.9 Å². The molecule has 0 spiro atoms. The summed E-state index contributed by atoms with van der Waals surface area (Å²) in [7, 11) is 3.38. The number of hydrogen-bond donors (Lipinski definition) is 2. The zero-order chi connectivity index (χ0) is 23.8. The molecule has 5 rings (SSSR count). The van der Waals surface area contributed by atoms with E-state index in [4.69, 9.17) is 4.74 Å². The summed E-state index contributed by atoms with van der Waals surface area (Å²) in [5.74, 6) is 0.0736. The summed E-state index contributed by atoms with van der Waals surface area (Å²) < 4.78 is 8.48. The number of nitrogens with one attached hydrogen (secondary N) is 2. The maximum absolute atomic E-state index is 12.9. The van der Waals surface area contributed by atoms with Crippen LogP contribution in [0.3, 0.4) is 0 Å². The molecule has 0 radical (unpaired) electrons. The van der Waals surface area contributed by atoms with Crippen molar-refractivity contribution in [2.75, 3.05) is 17.7 Å². The van der Waals surface area contributed by atoms with Crippen molar-refractivity contribution in [1.82, 2.24) is 19.4 Å². The molecule has 0 fully saturated rings. The summed E-state index contributed by atoms with van der Waals surface area (Å²) in [5, 5.41) is 15.2. The van der Waals surface area contributed by atoms with Crippen LogP contribution < -0.4 is 15.4 Å². The molecule has 34 heavy (non-hydrogen) atoms. The van der Waals surface area contributed by atoms with Gasteiger partial charge in [-0.15, -0.1) is 0 Å². The van der Waals surface area contributed by atoms with Crippen LogP contribution in [0.25, 0.3) is 16.4 Å². The Labute approximate surface area is 195 Å². The Bertz CT molecular complexity index is 1570. The molecule has 0 bridgehead atoms. The van der Waals surface area contributed by atoms with Gasteiger partial charge in [0.15, 0.2) is 5.69 Å². The average molecular weight is 454 g/mol. The van der Waals surface area contributed by atoms with Gasteiger partial charge in [-0.25, -0.2) is 4.52 Å². The zero-order valence-electron chi connectivity index (χ0n) is 18.9. The van der Waals surface area contributed by atoms with Crippen molar-refractivity contribution in [2.45, 2.75) is 6.92 Å². The van der Waals surface area contributed by atoms with Gasteiger partial charge in [-0.1, -0.05) is 18.2 Å². The van der Waals surface area contributed by atoms with Crippen LogP contribution >= 0.6 is 0 Å². The number of fused-ring (bicyclic) bond motifs is 2. The summed E-state index contributed by atoms with van der Waals surface area (Å²) >= 11 is 0. The SMILES string of the molecule is COc1ccc2c(C(=O)Nc3ccc(NC(=O)c4nn(C)c5ccccc45)cc3C)cnn2c1. The van der Waals surface area contributed by atoms with Crippen LogP contribution in [0.15, 0.2) is 67.0 Å². The molecule has 0 aliphatic heterocycles. The number of hydrogen-bond acceptors (Lipinski definition) is 5. The number of anilines is 2. The van der Waals surface area contributed by atoms with E-state index in [0.29, 0.717) is 33.9 Å². The molecular formula is C25H22N6O3. The van der Waals surface area contributed by atoms with Gasteiger partial charge in [-0.2, -0.15) is 10.2 Å². The van der Waals surface area contributed by atoms with E-state index in [1.165, 1.54) is 6.20 Å². The number of aromatic nitrogens is 4. The average Bonchev–Trinajstić information content (AvgIpc) is 3.42. The van der Waals surface area contributed by atoms with Gasteiger partial charge in [0.25, 0.3) is 11.8 Å². The number of ether oxygens (including phenoxy) is 1. The molecule has 3 aromatic heterocycles. The number of benzene rings is 2. The molecule has 0 saturated carbocycles. The van der Waals surface area contributed by atoms with Crippen molar-refractivity contribution < 1.29 is 14.3 Å². The molecule has 0 atom stereocenters. The minimum atomic E-state index is -0.297. The molecule has 2 amide bonds. The van der Waals surface area contributed by atoms with Crippen LogP contribution in [0.1, 0.15) is 26.4 Å². The maximum Gasteiger partial charge on any atom is 0.276 e. The van der Waals surface area contributed by atoms with Crippen LogP contribution in [0.5, 0.6) is 5.75 Å². The van der Waals surface area contributed by atoms with Gasteiger partial charge >= 0.3 is 0 Å². The number of carbonyl (C=O) groups is 2. The lowest BCUT2D eigenvalue weighted by Crippen LogP contribution is -2.15. The van der Waals surface area contributed by atoms with E-state index < -0.39 is 0 Å². The summed E-state index contributed by atoms with van der Waals surface area (Å²) in [5.41, 5.74) is 4.40. The van der Waals surface area contributed by atoms with Crippen LogP contribution in [0.4, 0.5) is 11.4 Å². The molecule has 5 aromatic rings.